The van der Waals surface area contributed by atoms with Gasteiger partial charge in [0.05, 0.1) is 6.10 Å². The lowest BCUT2D eigenvalue weighted by atomic mass is 10.3. The van der Waals surface area contributed by atoms with Crippen molar-refractivity contribution in [2.75, 3.05) is 29.5 Å². The molecule has 0 radical (unpaired) electrons. The minimum atomic E-state index is 0.0605. The number of nitrogens with zero attached hydrogens (tertiary/aromatic N) is 3. The van der Waals surface area contributed by atoms with Gasteiger partial charge in [0, 0.05) is 24.1 Å². The second-order valence-corrected chi connectivity index (χ2v) is 6.34. The van der Waals surface area contributed by atoms with E-state index in [1.165, 1.54) is 12.7 Å². The Labute approximate surface area is 118 Å². The molecule has 0 amide bonds. The summed E-state index contributed by atoms with van der Waals surface area (Å²) in [5, 5.41) is 0.651. The van der Waals surface area contributed by atoms with E-state index in [0.29, 0.717) is 16.8 Å². The van der Waals surface area contributed by atoms with Crippen LogP contribution in [0.2, 0.25) is 0 Å². The molecule has 1 unspecified atom stereocenters. The molecular weight excluding hydrogens is 260 g/mol. The number of nitrogen functional groups attached to an aromatic ring is 1. The second-order valence-electron chi connectivity index (χ2n) is 4.93. The zero-order chi connectivity index (χ0) is 13.8. The van der Waals surface area contributed by atoms with Crippen LogP contribution in [0, 0.1) is 0 Å². The Bertz CT molecular complexity index is 427. The number of thioether (sulfide) groups is 1. The molecular formula is C13H22N4OS. The van der Waals surface area contributed by atoms with Crippen molar-refractivity contribution in [2.45, 2.75) is 38.5 Å². The maximum Gasteiger partial charge on any atom is 0.242 e. The Morgan fingerprint density at radius 2 is 2.32 bits per heavy atom. The quantitative estimate of drug-likeness (QED) is 0.913. The lowest BCUT2D eigenvalue weighted by Crippen LogP contribution is -2.38. The van der Waals surface area contributed by atoms with Crippen LogP contribution in [0.4, 0.5) is 11.5 Å². The number of hydrogen-bond donors (Lipinski definition) is 1. The van der Waals surface area contributed by atoms with E-state index in [1.54, 1.807) is 0 Å². The summed E-state index contributed by atoms with van der Waals surface area (Å²) in [6.07, 6.45) is 2.76. The van der Waals surface area contributed by atoms with Gasteiger partial charge in [-0.3, -0.25) is 0 Å². The standard InChI is InChI=1S/C13H22N4OS/c1-4-10-7-17(5-6-19-10)12-11(14)13(16-8-15-12)18-9(2)3/h8-10H,4-7,14H2,1-3H3. The fourth-order valence-electron chi connectivity index (χ4n) is 2.10. The third kappa shape index (κ3) is 3.43. The van der Waals surface area contributed by atoms with Crippen LogP contribution in [-0.2, 0) is 0 Å². The number of ether oxygens (including phenoxy) is 1. The number of anilines is 2. The van der Waals surface area contributed by atoms with Crippen molar-refractivity contribution in [3.8, 4) is 5.88 Å². The summed E-state index contributed by atoms with van der Waals surface area (Å²) in [6.45, 7) is 8.11. The predicted molar refractivity (Wildman–Crippen MR) is 81.0 cm³/mol. The Balaban J connectivity index is 2.19. The average Bonchev–Trinajstić information content (AvgIpc) is 2.41. The van der Waals surface area contributed by atoms with Gasteiger partial charge in [-0.25, -0.2) is 4.98 Å². The number of nitrogens with two attached hydrogens (primary N) is 1. The number of rotatable bonds is 4. The van der Waals surface area contributed by atoms with E-state index in [9.17, 15) is 0 Å². The van der Waals surface area contributed by atoms with Gasteiger partial charge in [-0.15, -0.1) is 0 Å². The van der Waals surface area contributed by atoms with Gasteiger partial charge >= 0.3 is 0 Å². The van der Waals surface area contributed by atoms with Crippen LogP contribution in [0.25, 0.3) is 0 Å². The molecule has 1 saturated heterocycles. The Kier molecular flexibility index (Phi) is 4.74. The molecule has 2 rings (SSSR count). The molecule has 1 aromatic heterocycles. The summed E-state index contributed by atoms with van der Waals surface area (Å²) in [7, 11) is 0. The van der Waals surface area contributed by atoms with Gasteiger partial charge in [-0.1, -0.05) is 6.92 Å². The van der Waals surface area contributed by atoms with Gasteiger partial charge in [0.15, 0.2) is 5.82 Å². The smallest absolute Gasteiger partial charge is 0.242 e. The third-order valence-corrected chi connectivity index (χ3v) is 4.44. The summed E-state index contributed by atoms with van der Waals surface area (Å²) in [6, 6.07) is 0. The van der Waals surface area contributed by atoms with Gasteiger partial charge in [-0.05, 0) is 20.3 Å². The van der Waals surface area contributed by atoms with E-state index in [2.05, 4.69) is 21.8 Å². The maximum absolute atomic E-state index is 6.15. The Hall–Kier alpha value is -1.17. The third-order valence-electron chi connectivity index (χ3n) is 3.07. The highest BCUT2D eigenvalue weighted by Gasteiger charge is 2.23. The number of aromatic nitrogens is 2. The summed E-state index contributed by atoms with van der Waals surface area (Å²) < 4.78 is 5.62. The molecule has 1 aromatic rings. The van der Waals surface area contributed by atoms with Gasteiger partial charge in [0.1, 0.15) is 12.0 Å². The normalized spacial score (nSPS) is 19.8. The second kappa shape index (κ2) is 6.32. The lowest BCUT2D eigenvalue weighted by molar-refractivity contribution is 0.234. The maximum atomic E-state index is 6.15. The summed E-state index contributed by atoms with van der Waals surface area (Å²) >= 11 is 2.03. The van der Waals surface area contributed by atoms with Gasteiger partial charge in [-0.2, -0.15) is 16.7 Å². The molecule has 6 heteroatoms. The van der Waals surface area contributed by atoms with Crippen molar-refractivity contribution in [2.24, 2.45) is 0 Å². The molecule has 1 atom stereocenters. The largest absolute Gasteiger partial charge is 0.473 e. The van der Waals surface area contributed by atoms with E-state index >= 15 is 0 Å². The van der Waals surface area contributed by atoms with Crippen LogP contribution in [0.1, 0.15) is 27.2 Å². The average molecular weight is 282 g/mol. The highest BCUT2D eigenvalue weighted by atomic mass is 32.2. The first kappa shape index (κ1) is 14.2. The van der Waals surface area contributed by atoms with E-state index in [-0.39, 0.29) is 6.10 Å². The molecule has 0 aromatic carbocycles. The van der Waals surface area contributed by atoms with Crippen LogP contribution in [0.15, 0.2) is 6.33 Å². The Morgan fingerprint density at radius 1 is 1.53 bits per heavy atom. The summed E-state index contributed by atoms with van der Waals surface area (Å²) in [5.41, 5.74) is 6.70. The highest BCUT2D eigenvalue weighted by molar-refractivity contribution is 8.00. The van der Waals surface area contributed by atoms with Crippen molar-refractivity contribution in [3.05, 3.63) is 6.33 Å². The van der Waals surface area contributed by atoms with Crippen LogP contribution in [0.5, 0.6) is 5.88 Å². The van der Waals surface area contributed by atoms with Crippen molar-refractivity contribution in [1.29, 1.82) is 0 Å². The van der Waals surface area contributed by atoms with E-state index in [1.807, 2.05) is 25.6 Å². The van der Waals surface area contributed by atoms with Crippen LogP contribution in [-0.4, -0.2) is 40.2 Å². The fourth-order valence-corrected chi connectivity index (χ4v) is 3.28. The molecule has 106 valence electrons. The minimum absolute atomic E-state index is 0.0605. The molecule has 0 saturated carbocycles. The van der Waals surface area contributed by atoms with Crippen LogP contribution in [0.3, 0.4) is 0 Å². The first-order valence-electron chi connectivity index (χ1n) is 6.75. The first-order chi connectivity index (χ1) is 9.11. The summed E-state index contributed by atoms with van der Waals surface area (Å²) in [4.78, 5) is 10.7. The molecule has 1 fully saturated rings. The van der Waals surface area contributed by atoms with E-state index in [0.717, 1.165) is 24.7 Å². The predicted octanol–water partition coefficient (Wildman–Crippen LogP) is 2.18. The molecule has 0 spiro atoms. The molecule has 19 heavy (non-hydrogen) atoms. The molecule has 1 aliphatic heterocycles. The van der Waals surface area contributed by atoms with E-state index in [4.69, 9.17) is 10.5 Å². The highest BCUT2D eigenvalue weighted by Crippen LogP contribution is 2.32. The zero-order valence-electron chi connectivity index (χ0n) is 11.8. The molecule has 1 aliphatic rings. The monoisotopic (exact) mass is 282 g/mol. The minimum Gasteiger partial charge on any atom is -0.473 e. The van der Waals surface area contributed by atoms with Crippen molar-refractivity contribution >= 4 is 23.3 Å². The number of hydrogen-bond acceptors (Lipinski definition) is 6. The van der Waals surface area contributed by atoms with Crippen molar-refractivity contribution < 1.29 is 4.74 Å². The molecule has 5 nitrogen and oxygen atoms in total. The first-order valence-corrected chi connectivity index (χ1v) is 7.80. The van der Waals surface area contributed by atoms with Gasteiger partial charge in [0.25, 0.3) is 0 Å². The fraction of sp³-hybridized carbons (Fsp3) is 0.692. The molecule has 2 N–H and O–H groups in total. The molecule has 0 aliphatic carbocycles. The van der Waals surface area contributed by atoms with Crippen molar-refractivity contribution in [1.82, 2.24) is 9.97 Å². The molecule has 0 bridgehead atoms. The van der Waals surface area contributed by atoms with Crippen molar-refractivity contribution in [3.63, 3.8) is 0 Å². The van der Waals surface area contributed by atoms with E-state index < -0.39 is 0 Å². The van der Waals surface area contributed by atoms with Crippen LogP contribution >= 0.6 is 11.8 Å². The SMILES string of the molecule is CCC1CN(c2ncnc(OC(C)C)c2N)CCS1. The van der Waals surface area contributed by atoms with Gasteiger partial charge in [0.2, 0.25) is 5.88 Å². The topological polar surface area (TPSA) is 64.3 Å². The lowest BCUT2D eigenvalue weighted by Gasteiger charge is -2.33. The molecule has 2 heterocycles. The zero-order valence-corrected chi connectivity index (χ0v) is 12.6. The summed E-state index contributed by atoms with van der Waals surface area (Å²) in [5.74, 6) is 2.41. The van der Waals surface area contributed by atoms with Crippen LogP contribution < -0.4 is 15.4 Å². The Morgan fingerprint density at radius 3 is 3.00 bits per heavy atom. The van der Waals surface area contributed by atoms with Gasteiger partial charge < -0.3 is 15.4 Å².